The number of anilines is 3. The number of aromatic nitrogens is 2. The average molecular weight is 579 g/mol. The van der Waals surface area contributed by atoms with Crippen molar-refractivity contribution in [3.8, 4) is 0 Å². The second kappa shape index (κ2) is 16.1. The Morgan fingerprint density at radius 1 is 0.900 bits per heavy atom. The molecule has 0 amide bonds. The molecule has 1 aromatic rings. The molecular formula is C29H54N8O2S. The van der Waals surface area contributed by atoms with E-state index in [0.717, 1.165) is 76.6 Å². The molecular weight excluding hydrogens is 524 g/mol. The standard InChI is InChI=1S/C29H54N8O2S/c1-40(38,39)20-19-36-15-6-16-37(18-17-36)28-21-27(30)34-29(35-28)33-23-25-11-9-24(10-12-25)22-31-13-5-14-32-26-7-3-2-4-8-26/h21,24-26,31-32H,2-20,22-23H2,1H3,(H3,30,33,34,35)/t24-,25-. The van der Waals surface area contributed by atoms with Gasteiger partial charge in [0.15, 0.2) is 0 Å². The van der Waals surface area contributed by atoms with Crippen molar-refractivity contribution in [1.82, 2.24) is 25.5 Å². The molecule has 0 atom stereocenters. The third-order valence-corrected chi connectivity index (χ3v) is 9.86. The van der Waals surface area contributed by atoms with Crippen LogP contribution in [0.1, 0.15) is 70.6 Å². The first-order valence-electron chi connectivity index (χ1n) is 15.8. The molecule has 4 rings (SSSR count). The van der Waals surface area contributed by atoms with Gasteiger partial charge in [0.25, 0.3) is 0 Å². The molecule has 0 aromatic carbocycles. The number of nitrogens with one attached hydrogen (secondary N) is 3. The number of sulfone groups is 1. The zero-order chi connectivity index (χ0) is 28.2. The summed E-state index contributed by atoms with van der Waals surface area (Å²) in [5, 5.41) is 10.9. The first-order valence-corrected chi connectivity index (χ1v) is 17.9. The maximum atomic E-state index is 11.5. The van der Waals surface area contributed by atoms with Gasteiger partial charge in [-0.25, -0.2) is 8.42 Å². The molecule has 3 aliphatic rings. The van der Waals surface area contributed by atoms with Crippen molar-refractivity contribution in [2.75, 3.05) is 86.9 Å². The van der Waals surface area contributed by atoms with E-state index in [-0.39, 0.29) is 5.75 Å². The average Bonchev–Trinajstić information content (AvgIpc) is 3.19. The summed E-state index contributed by atoms with van der Waals surface area (Å²) in [6, 6.07) is 2.62. The largest absolute Gasteiger partial charge is 0.383 e. The number of nitrogens with two attached hydrogens (primary N) is 1. The predicted molar refractivity (Wildman–Crippen MR) is 166 cm³/mol. The fourth-order valence-corrected chi connectivity index (χ4v) is 7.01. The van der Waals surface area contributed by atoms with Crippen LogP contribution in [0.25, 0.3) is 0 Å². The van der Waals surface area contributed by atoms with Crippen molar-refractivity contribution in [1.29, 1.82) is 0 Å². The second-order valence-corrected chi connectivity index (χ2v) is 14.7. The minimum atomic E-state index is -2.95. The molecule has 228 valence electrons. The normalized spacial score (nSPS) is 23.7. The van der Waals surface area contributed by atoms with E-state index in [1.165, 1.54) is 70.5 Å². The van der Waals surface area contributed by atoms with E-state index in [2.05, 4.69) is 30.7 Å². The van der Waals surface area contributed by atoms with E-state index in [1.54, 1.807) is 0 Å². The van der Waals surface area contributed by atoms with Crippen LogP contribution in [-0.2, 0) is 9.84 Å². The highest BCUT2D eigenvalue weighted by Crippen LogP contribution is 2.29. The Bertz CT molecular complexity index is 980. The molecule has 2 heterocycles. The maximum Gasteiger partial charge on any atom is 0.226 e. The highest BCUT2D eigenvalue weighted by Gasteiger charge is 2.22. The van der Waals surface area contributed by atoms with Crippen LogP contribution in [-0.4, -0.2) is 100 Å². The number of nitrogens with zero attached hydrogens (tertiary/aromatic N) is 4. The Kier molecular flexibility index (Phi) is 12.6. The fourth-order valence-electron chi connectivity index (χ4n) is 6.42. The molecule has 1 aromatic heterocycles. The number of nitrogen functional groups attached to an aromatic ring is 1. The van der Waals surface area contributed by atoms with Crippen LogP contribution >= 0.6 is 0 Å². The molecule has 0 spiro atoms. The zero-order valence-corrected chi connectivity index (χ0v) is 25.6. The predicted octanol–water partition coefficient (Wildman–Crippen LogP) is 2.74. The number of rotatable bonds is 14. The van der Waals surface area contributed by atoms with Gasteiger partial charge in [0.1, 0.15) is 21.5 Å². The lowest BCUT2D eigenvalue weighted by molar-refractivity contribution is 0.275. The van der Waals surface area contributed by atoms with E-state index in [9.17, 15) is 8.42 Å². The third-order valence-electron chi connectivity index (χ3n) is 8.94. The van der Waals surface area contributed by atoms with Crippen LogP contribution in [0.4, 0.5) is 17.6 Å². The summed E-state index contributed by atoms with van der Waals surface area (Å²) in [6.07, 6.45) is 15.5. The molecule has 0 radical (unpaired) electrons. The van der Waals surface area contributed by atoms with Crippen LogP contribution in [0.15, 0.2) is 6.07 Å². The van der Waals surface area contributed by atoms with E-state index in [4.69, 9.17) is 10.7 Å². The highest BCUT2D eigenvalue weighted by molar-refractivity contribution is 7.90. The number of hydrogen-bond donors (Lipinski definition) is 4. The van der Waals surface area contributed by atoms with E-state index >= 15 is 0 Å². The Morgan fingerprint density at radius 3 is 2.40 bits per heavy atom. The third kappa shape index (κ3) is 11.3. The quantitative estimate of drug-likeness (QED) is 0.245. The fraction of sp³-hybridized carbons (Fsp3) is 0.862. The summed E-state index contributed by atoms with van der Waals surface area (Å²) in [4.78, 5) is 13.7. The van der Waals surface area contributed by atoms with Crippen molar-refractivity contribution in [3.63, 3.8) is 0 Å². The first-order chi connectivity index (χ1) is 19.3. The lowest BCUT2D eigenvalue weighted by Gasteiger charge is -2.29. The van der Waals surface area contributed by atoms with Crippen molar-refractivity contribution >= 4 is 27.4 Å². The monoisotopic (exact) mass is 578 g/mol. The molecule has 10 nitrogen and oxygen atoms in total. The van der Waals surface area contributed by atoms with Crippen LogP contribution in [0.5, 0.6) is 0 Å². The topological polar surface area (TPSA) is 129 Å². The van der Waals surface area contributed by atoms with Crippen molar-refractivity contribution in [2.24, 2.45) is 11.8 Å². The van der Waals surface area contributed by atoms with Crippen molar-refractivity contribution in [3.05, 3.63) is 6.07 Å². The minimum absolute atomic E-state index is 0.206. The SMILES string of the molecule is CS(=O)(=O)CCN1CCCN(c2cc(N)nc(NC[C@H]3CC[C@H](CNCCCNC4CCCCC4)CC3)n2)CC1. The smallest absolute Gasteiger partial charge is 0.226 e. The molecule has 0 bridgehead atoms. The van der Waals surface area contributed by atoms with Crippen LogP contribution in [0.2, 0.25) is 0 Å². The van der Waals surface area contributed by atoms with Gasteiger partial charge in [-0.2, -0.15) is 9.97 Å². The lowest BCUT2D eigenvalue weighted by atomic mass is 9.82. The Labute approximate surface area is 242 Å². The molecule has 2 aliphatic carbocycles. The molecule has 0 unspecified atom stereocenters. The Balaban J connectivity index is 1.11. The molecule has 2 saturated carbocycles. The summed E-state index contributed by atoms with van der Waals surface area (Å²) in [6.45, 7) is 8.27. The Morgan fingerprint density at radius 2 is 1.65 bits per heavy atom. The molecule has 1 aliphatic heterocycles. The van der Waals surface area contributed by atoms with Gasteiger partial charge < -0.3 is 31.5 Å². The van der Waals surface area contributed by atoms with E-state index in [1.807, 2.05) is 6.07 Å². The minimum Gasteiger partial charge on any atom is -0.383 e. The van der Waals surface area contributed by atoms with Gasteiger partial charge in [-0.15, -0.1) is 0 Å². The van der Waals surface area contributed by atoms with Crippen LogP contribution in [0, 0.1) is 11.8 Å². The molecule has 3 fully saturated rings. The van der Waals surface area contributed by atoms with Gasteiger partial charge in [-0.05, 0) is 89.4 Å². The molecule has 1 saturated heterocycles. The summed E-state index contributed by atoms with van der Waals surface area (Å²) in [5.74, 6) is 3.58. The van der Waals surface area contributed by atoms with E-state index < -0.39 is 9.84 Å². The summed E-state index contributed by atoms with van der Waals surface area (Å²) < 4.78 is 23.1. The van der Waals surface area contributed by atoms with Gasteiger partial charge >= 0.3 is 0 Å². The van der Waals surface area contributed by atoms with Gasteiger partial charge in [0.05, 0.1) is 5.75 Å². The first kappa shape index (κ1) is 31.3. The van der Waals surface area contributed by atoms with Crippen molar-refractivity contribution < 1.29 is 8.42 Å². The highest BCUT2D eigenvalue weighted by atomic mass is 32.2. The summed E-state index contributed by atoms with van der Waals surface area (Å²) >= 11 is 0. The van der Waals surface area contributed by atoms with Crippen LogP contribution < -0.4 is 26.6 Å². The molecule has 11 heteroatoms. The van der Waals surface area contributed by atoms with E-state index in [0.29, 0.717) is 24.2 Å². The number of hydrogen-bond acceptors (Lipinski definition) is 10. The maximum absolute atomic E-state index is 11.5. The molecule has 40 heavy (non-hydrogen) atoms. The van der Waals surface area contributed by atoms with Gasteiger partial charge in [0.2, 0.25) is 5.95 Å². The van der Waals surface area contributed by atoms with Crippen molar-refractivity contribution in [2.45, 2.75) is 76.7 Å². The molecule has 5 N–H and O–H groups in total. The van der Waals surface area contributed by atoms with Crippen LogP contribution in [0.3, 0.4) is 0 Å². The summed E-state index contributed by atoms with van der Waals surface area (Å²) in [5.41, 5.74) is 6.16. The Hall–Kier alpha value is -1.69. The second-order valence-electron chi connectivity index (χ2n) is 12.4. The van der Waals surface area contributed by atoms with Gasteiger partial charge in [-0.3, -0.25) is 0 Å². The zero-order valence-electron chi connectivity index (χ0n) is 24.7. The van der Waals surface area contributed by atoms with Gasteiger partial charge in [-0.1, -0.05) is 19.3 Å². The lowest BCUT2D eigenvalue weighted by Crippen LogP contribution is -2.34. The van der Waals surface area contributed by atoms with Gasteiger partial charge in [0, 0.05) is 51.1 Å². The summed E-state index contributed by atoms with van der Waals surface area (Å²) in [7, 11) is -2.95.